The van der Waals surface area contributed by atoms with Crippen LogP contribution in [0.25, 0.3) is 0 Å². The van der Waals surface area contributed by atoms with Gasteiger partial charge < -0.3 is 50.1 Å². The minimum atomic E-state index is -0.400. The van der Waals surface area contributed by atoms with Gasteiger partial charge in [-0.2, -0.15) is 0 Å². The number of rotatable bonds is 31. The molecule has 0 spiro atoms. The molecule has 8 aromatic rings. The summed E-state index contributed by atoms with van der Waals surface area (Å²) in [4.78, 5) is 59.1. The largest absolute Gasteiger partial charge is 0.497 e. The van der Waals surface area contributed by atoms with Crippen LogP contribution in [0.5, 0.6) is 5.75 Å². The van der Waals surface area contributed by atoms with Gasteiger partial charge in [-0.05, 0) is 195 Å². The second-order valence-corrected chi connectivity index (χ2v) is 30.4. The number of aliphatic hydroxyl groups is 1. The van der Waals surface area contributed by atoms with Crippen LogP contribution in [0.3, 0.4) is 0 Å². The number of anilines is 4. The van der Waals surface area contributed by atoms with E-state index in [-0.39, 0.29) is 36.2 Å². The maximum atomic E-state index is 12.2. The van der Waals surface area contributed by atoms with Crippen molar-refractivity contribution in [3.63, 3.8) is 0 Å². The third-order valence-corrected chi connectivity index (χ3v) is 22.0. The van der Waals surface area contributed by atoms with Crippen molar-refractivity contribution in [3.8, 4) is 5.75 Å². The van der Waals surface area contributed by atoms with Crippen molar-refractivity contribution in [1.29, 1.82) is 0 Å². The molecule has 598 valence electrons. The molecule has 4 saturated carbocycles. The number of esters is 4. The highest BCUT2D eigenvalue weighted by Gasteiger charge is 2.23. The average Bonchev–Trinajstić information content (AvgIpc) is 0.846. The van der Waals surface area contributed by atoms with Crippen molar-refractivity contribution in [3.05, 3.63) is 258 Å². The molecular weight excluding hydrogens is 1400 g/mol. The summed E-state index contributed by atoms with van der Waals surface area (Å²) < 4.78 is 26.0. The van der Waals surface area contributed by atoms with Crippen molar-refractivity contribution < 1.29 is 52.9 Å². The molecule has 4 aliphatic rings. The van der Waals surface area contributed by atoms with Gasteiger partial charge in [-0.3, -0.25) is 10.1 Å². The van der Waals surface area contributed by atoms with E-state index in [2.05, 4.69) is 76.7 Å². The molecule has 0 atom stereocenters. The first kappa shape index (κ1) is 86.0. The van der Waals surface area contributed by atoms with Crippen molar-refractivity contribution in [1.82, 2.24) is 0 Å². The SMILES string of the molecule is CCOC(=O)c1ccc(CC2CCCCC2)c(NCc2ccc(C)cc2)c1.CCOC(=O)c1ccc(CC2CCCCC2)c(NCc2ccc(CO)cc2)c1.CCOC(=O)c1ccc(CC2CCCCC2)c(NCc2ccc([N+](=O)[O-])cc2)c1.CCOC(=O)c1ccc(CC2CCCCC2)c(NCc2cccc(OC)c2)c1. The number of carbonyl (C=O) groups is 4. The Morgan fingerprint density at radius 2 is 0.661 bits per heavy atom. The predicted molar refractivity (Wildman–Crippen MR) is 450 cm³/mol. The summed E-state index contributed by atoms with van der Waals surface area (Å²) in [7, 11) is 1.68. The summed E-state index contributed by atoms with van der Waals surface area (Å²) in [6.07, 6.45) is 30.5. The number of carbonyl (C=O) groups excluding carboxylic acids is 4. The summed E-state index contributed by atoms with van der Waals surface area (Å²) in [5.74, 6) is 2.63. The number of non-ortho nitro benzene ring substituents is 1. The van der Waals surface area contributed by atoms with E-state index >= 15 is 0 Å². The third kappa shape index (κ3) is 28.3. The van der Waals surface area contributed by atoms with Crippen LogP contribution in [0, 0.1) is 40.7 Å². The second-order valence-electron chi connectivity index (χ2n) is 30.4. The number of aliphatic hydroxyl groups excluding tert-OH is 1. The van der Waals surface area contributed by atoms with Crippen molar-refractivity contribution in [2.45, 2.75) is 222 Å². The van der Waals surface area contributed by atoms with E-state index in [1.807, 2.05) is 118 Å². The number of hydrogen-bond donors (Lipinski definition) is 5. The van der Waals surface area contributed by atoms with Gasteiger partial charge in [0, 0.05) is 61.1 Å². The maximum absolute atomic E-state index is 12.2. The molecule has 12 rings (SSSR count). The zero-order valence-electron chi connectivity index (χ0n) is 67.2. The lowest BCUT2D eigenvalue weighted by Crippen LogP contribution is -2.12. The number of nitrogens with zero attached hydrogens (tertiary/aromatic N) is 1. The summed E-state index contributed by atoms with van der Waals surface area (Å²) in [6, 6.07) is 54.6. The Morgan fingerprint density at radius 3 is 0.946 bits per heavy atom. The minimum absolute atomic E-state index is 0.0564. The molecule has 5 N–H and O–H groups in total. The highest BCUT2D eigenvalue weighted by atomic mass is 16.6. The smallest absolute Gasteiger partial charge is 0.338 e. The Morgan fingerprint density at radius 1 is 0.375 bits per heavy atom. The second kappa shape index (κ2) is 46.7. The van der Waals surface area contributed by atoms with Crippen LogP contribution in [0.1, 0.15) is 253 Å². The minimum Gasteiger partial charge on any atom is -0.497 e. The van der Waals surface area contributed by atoms with Gasteiger partial charge in [-0.25, -0.2) is 19.2 Å². The first-order chi connectivity index (χ1) is 54.6. The fourth-order valence-corrected chi connectivity index (χ4v) is 15.6. The molecule has 0 radical (unpaired) electrons. The number of hydrogen-bond acceptors (Lipinski definition) is 16. The average molecular weight is 1530 g/mol. The number of nitro groups is 1. The predicted octanol–water partition coefficient (Wildman–Crippen LogP) is 22.1. The van der Waals surface area contributed by atoms with Gasteiger partial charge in [-0.1, -0.05) is 231 Å². The molecule has 112 heavy (non-hydrogen) atoms. The number of nitrogens with one attached hydrogen (secondary N) is 4. The van der Waals surface area contributed by atoms with Crippen LogP contribution in [0.2, 0.25) is 0 Å². The molecular formula is C95H121N5O12. The van der Waals surface area contributed by atoms with E-state index in [0.29, 0.717) is 74.2 Å². The quantitative estimate of drug-likeness (QED) is 0.0118. The standard InChI is InChI=1S/2C24H31NO3.C24H31NO2.C23H28N2O4/c1-3-28-24(26)21-13-12-20(14-18-8-5-4-6-9-18)23(16-21)25-17-19-10-7-11-22(15-19)27-2;1-2-28-24(27)22-13-12-21(14-18-6-4-3-5-7-18)23(15-22)25-16-19-8-10-20(17-26)11-9-19;1-3-27-24(26)22-14-13-21(15-19-7-5-4-6-8-19)23(16-22)25-17-20-11-9-18(2)10-12-20;1-2-29-23(26)20-11-10-19(14-17-6-4-3-5-7-17)22(15-20)24-16-18-8-12-21(13-9-18)25(27)28/h7,10-13,15-16,18,25H,3-6,8-9,14,17H2,1-2H3;8-13,15,18,25-26H,2-7,14,16-17H2,1H3;9-14,16,19,25H,3-8,15,17H2,1-2H3;8-13,15,17,24H,2-7,14,16H2,1H3. The van der Waals surface area contributed by atoms with Gasteiger partial charge in [-0.15, -0.1) is 0 Å². The summed E-state index contributed by atoms with van der Waals surface area (Å²) in [6.45, 7) is 13.6. The molecule has 0 amide bonds. The van der Waals surface area contributed by atoms with Crippen LogP contribution in [-0.2, 0) is 77.4 Å². The van der Waals surface area contributed by atoms with Crippen LogP contribution < -0.4 is 26.0 Å². The van der Waals surface area contributed by atoms with E-state index in [1.54, 1.807) is 26.2 Å². The fraction of sp³-hybridized carbons (Fsp3) is 0.453. The molecule has 0 unspecified atom stereocenters. The van der Waals surface area contributed by atoms with E-state index < -0.39 is 4.92 Å². The van der Waals surface area contributed by atoms with Crippen molar-refractivity contribution in [2.24, 2.45) is 23.7 Å². The first-order valence-corrected chi connectivity index (χ1v) is 41.4. The number of benzene rings is 8. The summed E-state index contributed by atoms with van der Waals surface area (Å²) in [5, 5.41) is 34.1. The molecule has 0 aromatic heterocycles. The fourth-order valence-electron chi connectivity index (χ4n) is 15.6. The van der Waals surface area contributed by atoms with Gasteiger partial charge in [0.25, 0.3) is 5.69 Å². The lowest BCUT2D eigenvalue weighted by Gasteiger charge is -2.23. The molecule has 17 nitrogen and oxygen atoms in total. The molecule has 0 bridgehead atoms. The first-order valence-electron chi connectivity index (χ1n) is 41.4. The summed E-state index contributed by atoms with van der Waals surface area (Å²) in [5.41, 5.74) is 18.2. The number of methoxy groups -OCH3 is 1. The number of ether oxygens (including phenoxy) is 5. The van der Waals surface area contributed by atoms with Crippen LogP contribution in [-0.4, -0.2) is 67.4 Å². The molecule has 8 aromatic carbocycles. The zero-order chi connectivity index (χ0) is 79.2. The summed E-state index contributed by atoms with van der Waals surface area (Å²) >= 11 is 0. The van der Waals surface area contributed by atoms with Gasteiger partial charge >= 0.3 is 23.9 Å². The molecule has 0 aliphatic heterocycles. The van der Waals surface area contributed by atoms with E-state index in [9.17, 15) is 34.4 Å². The lowest BCUT2D eigenvalue weighted by molar-refractivity contribution is -0.384. The van der Waals surface area contributed by atoms with Crippen LogP contribution in [0.15, 0.2) is 170 Å². The van der Waals surface area contributed by atoms with Crippen LogP contribution in [0.4, 0.5) is 28.4 Å². The Hall–Kier alpha value is -10.0. The highest BCUT2D eigenvalue weighted by Crippen LogP contribution is 2.36. The molecule has 17 heteroatoms. The normalized spacial score (nSPS) is 14.6. The molecule has 4 aliphatic carbocycles. The van der Waals surface area contributed by atoms with Gasteiger partial charge in [0.15, 0.2) is 0 Å². The molecule has 0 heterocycles. The topological polar surface area (TPSA) is 226 Å². The van der Waals surface area contributed by atoms with Gasteiger partial charge in [0.1, 0.15) is 5.75 Å². The number of nitro benzene ring substituents is 1. The Bertz CT molecular complexity index is 4210. The van der Waals surface area contributed by atoms with Gasteiger partial charge in [0.2, 0.25) is 0 Å². The number of aryl methyl sites for hydroxylation is 1. The van der Waals surface area contributed by atoms with E-state index in [4.69, 9.17) is 23.7 Å². The lowest BCUT2D eigenvalue weighted by atomic mass is 9.84. The molecule has 0 saturated heterocycles. The Labute approximate surface area is 665 Å². The van der Waals surface area contributed by atoms with Gasteiger partial charge in [0.05, 0.1) is 67.3 Å². The zero-order valence-corrected chi connectivity index (χ0v) is 67.2. The third-order valence-electron chi connectivity index (χ3n) is 22.0. The van der Waals surface area contributed by atoms with Crippen molar-refractivity contribution in [2.75, 3.05) is 54.8 Å². The monoisotopic (exact) mass is 1520 g/mol. The Kier molecular flexibility index (Phi) is 35.9. The van der Waals surface area contributed by atoms with Crippen molar-refractivity contribution >= 4 is 52.3 Å². The Balaban J connectivity index is 0.000000171. The van der Waals surface area contributed by atoms with E-state index in [1.165, 1.54) is 174 Å². The van der Waals surface area contributed by atoms with Crippen LogP contribution >= 0.6 is 0 Å². The van der Waals surface area contributed by atoms with E-state index in [0.717, 1.165) is 101 Å². The maximum Gasteiger partial charge on any atom is 0.338 e. The highest BCUT2D eigenvalue weighted by molar-refractivity contribution is 5.93. The molecule has 4 fully saturated rings.